The molecule has 1 heterocycles. The first-order valence-corrected chi connectivity index (χ1v) is 8.67. The molecular weight excluding hydrogens is 393 g/mol. The van der Waals surface area contributed by atoms with E-state index in [1.807, 2.05) is 7.05 Å². The number of thiophene rings is 1. The molecule has 1 atom stereocenters. The zero-order valence-corrected chi connectivity index (χ0v) is 14.9. The number of halogens is 1. The maximum atomic E-state index is 5.49. The van der Waals surface area contributed by atoms with Crippen LogP contribution in [0.1, 0.15) is 17.2 Å². The SMILES string of the molecule is CNC(c1csc(I)c1)c1ccc(OC)c2ccccc12. The van der Waals surface area contributed by atoms with E-state index in [9.17, 15) is 0 Å². The molecule has 0 spiro atoms. The predicted octanol–water partition coefficient (Wildman–Crippen LogP) is 4.82. The van der Waals surface area contributed by atoms with Crippen LogP contribution in [-0.2, 0) is 0 Å². The number of nitrogens with one attached hydrogen (secondary N) is 1. The second-order valence-corrected chi connectivity index (χ2v) is 7.61. The summed E-state index contributed by atoms with van der Waals surface area (Å²) in [5.74, 6) is 0.920. The lowest BCUT2D eigenvalue weighted by atomic mass is 9.95. The number of ether oxygens (including phenoxy) is 1. The van der Waals surface area contributed by atoms with E-state index in [4.69, 9.17) is 4.74 Å². The first-order valence-electron chi connectivity index (χ1n) is 6.71. The normalized spacial score (nSPS) is 12.5. The molecular formula is C17H16INOS. The minimum Gasteiger partial charge on any atom is -0.496 e. The number of rotatable bonds is 4. The van der Waals surface area contributed by atoms with E-state index in [1.54, 1.807) is 18.4 Å². The standard InChI is InChI=1S/C17H16INOS/c1-19-17(11-9-16(18)21-10-11)14-7-8-15(20-2)13-6-4-3-5-12(13)14/h3-10,17,19H,1-2H3. The lowest BCUT2D eigenvalue weighted by Gasteiger charge is -2.19. The molecule has 1 N–H and O–H groups in total. The summed E-state index contributed by atoms with van der Waals surface area (Å²) in [4.78, 5) is 0. The van der Waals surface area contributed by atoms with E-state index < -0.39 is 0 Å². The minimum atomic E-state index is 0.195. The summed E-state index contributed by atoms with van der Waals surface area (Å²) in [5, 5.41) is 8.05. The van der Waals surface area contributed by atoms with Gasteiger partial charge in [0.2, 0.25) is 0 Å². The highest BCUT2D eigenvalue weighted by Crippen LogP contribution is 2.35. The van der Waals surface area contributed by atoms with Crippen LogP contribution in [0.3, 0.4) is 0 Å². The molecule has 3 rings (SSSR count). The van der Waals surface area contributed by atoms with Crippen LogP contribution in [0.5, 0.6) is 5.75 Å². The molecule has 0 fully saturated rings. The van der Waals surface area contributed by atoms with Crippen LogP contribution < -0.4 is 10.1 Å². The molecule has 2 aromatic carbocycles. The van der Waals surface area contributed by atoms with Gasteiger partial charge in [-0.1, -0.05) is 30.3 Å². The fourth-order valence-electron chi connectivity index (χ4n) is 2.70. The monoisotopic (exact) mass is 409 g/mol. The zero-order valence-electron chi connectivity index (χ0n) is 11.9. The molecule has 2 nitrogen and oxygen atoms in total. The van der Waals surface area contributed by atoms with Gasteiger partial charge in [0.05, 0.1) is 16.0 Å². The van der Waals surface area contributed by atoms with Crippen molar-refractivity contribution in [3.8, 4) is 5.75 Å². The summed E-state index contributed by atoms with van der Waals surface area (Å²) in [6.07, 6.45) is 0. The largest absolute Gasteiger partial charge is 0.496 e. The van der Waals surface area contributed by atoms with Gasteiger partial charge in [0.25, 0.3) is 0 Å². The number of hydrogen-bond donors (Lipinski definition) is 1. The van der Waals surface area contributed by atoms with Gasteiger partial charge in [-0.25, -0.2) is 0 Å². The molecule has 4 heteroatoms. The van der Waals surface area contributed by atoms with Crippen LogP contribution in [0.25, 0.3) is 10.8 Å². The molecule has 0 saturated heterocycles. The first kappa shape index (κ1) is 14.8. The van der Waals surface area contributed by atoms with Gasteiger partial charge in [-0.15, -0.1) is 11.3 Å². The van der Waals surface area contributed by atoms with Crippen molar-refractivity contribution in [1.82, 2.24) is 5.32 Å². The van der Waals surface area contributed by atoms with Crippen LogP contribution in [-0.4, -0.2) is 14.2 Å². The Balaban J connectivity index is 2.19. The van der Waals surface area contributed by atoms with Crippen LogP contribution in [0.2, 0.25) is 0 Å². The molecule has 1 aromatic heterocycles. The van der Waals surface area contributed by atoms with Crippen LogP contribution >= 0.6 is 33.9 Å². The molecule has 3 aromatic rings. The van der Waals surface area contributed by atoms with E-state index in [-0.39, 0.29) is 6.04 Å². The third-order valence-electron chi connectivity index (χ3n) is 3.66. The second-order valence-electron chi connectivity index (χ2n) is 4.81. The van der Waals surface area contributed by atoms with E-state index in [2.05, 4.69) is 75.8 Å². The lowest BCUT2D eigenvalue weighted by Crippen LogP contribution is -2.17. The molecule has 0 radical (unpaired) electrons. The Morgan fingerprint density at radius 3 is 2.52 bits per heavy atom. The lowest BCUT2D eigenvalue weighted by molar-refractivity contribution is 0.419. The van der Waals surface area contributed by atoms with Crippen LogP contribution in [0.15, 0.2) is 47.8 Å². The quantitative estimate of drug-likeness (QED) is 0.624. The smallest absolute Gasteiger partial charge is 0.126 e. The average Bonchev–Trinajstić information content (AvgIpc) is 2.94. The number of methoxy groups -OCH3 is 1. The summed E-state index contributed by atoms with van der Waals surface area (Å²) in [6, 6.07) is 15.1. The van der Waals surface area contributed by atoms with Crippen molar-refractivity contribution in [3.63, 3.8) is 0 Å². The Labute approximate surface area is 142 Å². The third kappa shape index (κ3) is 2.80. The summed E-state index contributed by atoms with van der Waals surface area (Å²) in [5.41, 5.74) is 2.59. The maximum absolute atomic E-state index is 5.49. The van der Waals surface area contributed by atoms with Crippen molar-refractivity contribution in [2.45, 2.75) is 6.04 Å². The maximum Gasteiger partial charge on any atom is 0.126 e. The van der Waals surface area contributed by atoms with E-state index in [0.29, 0.717) is 0 Å². The molecule has 0 saturated carbocycles. The Bertz CT molecular complexity index is 768. The summed E-state index contributed by atoms with van der Waals surface area (Å²) in [6.45, 7) is 0. The topological polar surface area (TPSA) is 21.3 Å². The molecule has 108 valence electrons. The highest BCUT2D eigenvalue weighted by molar-refractivity contribution is 14.1. The van der Waals surface area contributed by atoms with Crippen molar-refractivity contribution in [1.29, 1.82) is 0 Å². The number of fused-ring (bicyclic) bond motifs is 1. The second kappa shape index (κ2) is 6.34. The number of hydrogen-bond acceptors (Lipinski definition) is 3. The fourth-order valence-corrected chi connectivity index (χ4v) is 4.10. The van der Waals surface area contributed by atoms with Crippen molar-refractivity contribution < 1.29 is 4.74 Å². The molecule has 0 amide bonds. The van der Waals surface area contributed by atoms with Crippen molar-refractivity contribution >= 4 is 44.7 Å². The Morgan fingerprint density at radius 1 is 1.14 bits per heavy atom. The van der Waals surface area contributed by atoms with Crippen molar-refractivity contribution in [2.75, 3.05) is 14.2 Å². The van der Waals surface area contributed by atoms with Gasteiger partial charge in [0.15, 0.2) is 0 Å². The molecule has 0 aliphatic carbocycles. The van der Waals surface area contributed by atoms with Gasteiger partial charge in [-0.05, 0) is 63.7 Å². The van der Waals surface area contributed by atoms with Crippen molar-refractivity contribution in [3.05, 3.63) is 61.9 Å². The minimum absolute atomic E-state index is 0.195. The van der Waals surface area contributed by atoms with Gasteiger partial charge in [-0.3, -0.25) is 0 Å². The zero-order chi connectivity index (χ0) is 14.8. The van der Waals surface area contributed by atoms with Gasteiger partial charge in [0.1, 0.15) is 5.75 Å². The molecule has 0 aliphatic heterocycles. The fraction of sp³-hybridized carbons (Fsp3) is 0.176. The van der Waals surface area contributed by atoms with E-state index in [0.717, 1.165) is 11.1 Å². The average molecular weight is 409 g/mol. The van der Waals surface area contributed by atoms with Gasteiger partial charge < -0.3 is 10.1 Å². The highest BCUT2D eigenvalue weighted by atomic mass is 127. The molecule has 1 unspecified atom stereocenters. The summed E-state index contributed by atoms with van der Waals surface area (Å²) in [7, 11) is 3.73. The Morgan fingerprint density at radius 2 is 1.90 bits per heavy atom. The predicted molar refractivity (Wildman–Crippen MR) is 98.4 cm³/mol. The van der Waals surface area contributed by atoms with Gasteiger partial charge >= 0.3 is 0 Å². The summed E-state index contributed by atoms with van der Waals surface area (Å²) < 4.78 is 6.79. The van der Waals surface area contributed by atoms with Crippen LogP contribution in [0.4, 0.5) is 0 Å². The van der Waals surface area contributed by atoms with E-state index in [1.165, 1.54) is 19.4 Å². The molecule has 0 aliphatic rings. The molecule has 0 bridgehead atoms. The summed E-state index contributed by atoms with van der Waals surface area (Å²) >= 11 is 4.15. The Kier molecular flexibility index (Phi) is 4.47. The third-order valence-corrected chi connectivity index (χ3v) is 5.47. The molecule has 21 heavy (non-hydrogen) atoms. The van der Waals surface area contributed by atoms with Gasteiger partial charge in [-0.2, -0.15) is 0 Å². The van der Waals surface area contributed by atoms with E-state index >= 15 is 0 Å². The Hall–Kier alpha value is -1.11. The number of benzene rings is 2. The first-order chi connectivity index (χ1) is 10.2. The highest BCUT2D eigenvalue weighted by Gasteiger charge is 2.17. The van der Waals surface area contributed by atoms with Crippen LogP contribution in [0, 0.1) is 2.88 Å². The van der Waals surface area contributed by atoms with Crippen molar-refractivity contribution in [2.24, 2.45) is 0 Å². The van der Waals surface area contributed by atoms with Gasteiger partial charge in [0, 0.05) is 5.39 Å².